The Bertz CT molecular complexity index is 817. The molecule has 1 fully saturated rings. The summed E-state index contributed by atoms with van der Waals surface area (Å²) in [6.45, 7) is 0. The molecule has 0 saturated carbocycles. The molecule has 124 valence electrons. The lowest BCUT2D eigenvalue weighted by atomic mass is 10.2. The first-order valence-electron chi connectivity index (χ1n) is 6.26. The van der Waals surface area contributed by atoms with Gasteiger partial charge in [-0.2, -0.15) is 0 Å². The van der Waals surface area contributed by atoms with Crippen molar-refractivity contribution in [3.05, 3.63) is 44.4 Å². The second-order valence-electron chi connectivity index (χ2n) is 4.75. The SMILES string of the molecule is O=C1N(c2cc(Cl)cc(Cl)c2O)C(=O)N1c1cc(Cl)cc(Cl)c1O. The molecule has 1 aliphatic heterocycles. The number of anilines is 2. The molecule has 10 heteroatoms. The van der Waals surface area contributed by atoms with Crippen molar-refractivity contribution in [1.29, 1.82) is 0 Å². The Labute approximate surface area is 155 Å². The third kappa shape index (κ3) is 2.52. The number of carbonyl (C=O) groups is 2. The van der Waals surface area contributed by atoms with Gasteiger partial charge in [-0.1, -0.05) is 46.4 Å². The quantitative estimate of drug-likeness (QED) is 0.709. The zero-order chi connectivity index (χ0) is 17.8. The van der Waals surface area contributed by atoms with Gasteiger partial charge in [0.05, 0.1) is 10.0 Å². The van der Waals surface area contributed by atoms with Gasteiger partial charge < -0.3 is 10.2 Å². The molecular formula is C14H6Cl4N2O4. The molecule has 0 aromatic heterocycles. The van der Waals surface area contributed by atoms with Crippen molar-refractivity contribution in [2.24, 2.45) is 0 Å². The van der Waals surface area contributed by atoms with E-state index in [4.69, 9.17) is 46.4 Å². The number of hydrogen-bond acceptors (Lipinski definition) is 4. The zero-order valence-corrected chi connectivity index (χ0v) is 14.5. The number of phenolic OH excluding ortho intramolecular Hbond substituents is 2. The van der Waals surface area contributed by atoms with Crippen molar-refractivity contribution >= 4 is 69.8 Å². The summed E-state index contributed by atoms with van der Waals surface area (Å²) < 4.78 is 0. The molecule has 6 nitrogen and oxygen atoms in total. The molecule has 1 aliphatic rings. The first-order chi connectivity index (χ1) is 11.2. The zero-order valence-electron chi connectivity index (χ0n) is 11.4. The van der Waals surface area contributed by atoms with Crippen molar-refractivity contribution in [2.45, 2.75) is 0 Å². The van der Waals surface area contributed by atoms with E-state index in [9.17, 15) is 19.8 Å². The van der Waals surface area contributed by atoms with Crippen LogP contribution < -0.4 is 9.80 Å². The number of aromatic hydroxyl groups is 2. The van der Waals surface area contributed by atoms with Gasteiger partial charge in [0.15, 0.2) is 11.5 Å². The van der Waals surface area contributed by atoms with Crippen LogP contribution in [0.3, 0.4) is 0 Å². The number of halogens is 4. The number of urea groups is 2. The third-order valence-corrected chi connectivity index (χ3v) is 4.28. The van der Waals surface area contributed by atoms with E-state index in [1.807, 2.05) is 0 Å². The Balaban J connectivity index is 2.03. The molecule has 0 radical (unpaired) electrons. The molecular weight excluding hydrogens is 402 g/mol. The summed E-state index contributed by atoms with van der Waals surface area (Å²) in [7, 11) is 0. The van der Waals surface area contributed by atoms with E-state index in [0.29, 0.717) is 9.80 Å². The summed E-state index contributed by atoms with van der Waals surface area (Å²) >= 11 is 23.2. The van der Waals surface area contributed by atoms with Crippen LogP contribution in [0.5, 0.6) is 11.5 Å². The average Bonchev–Trinajstić information content (AvgIpc) is 2.49. The van der Waals surface area contributed by atoms with Gasteiger partial charge in [-0.05, 0) is 24.3 Å². The highest BCUT2D eigenvalue weighted by Gasteiger charge is 2.48. The first-order valence-corrected chi connectivity index (χ1v) is 7.77. The van der Waals surface area contributed by atoms with Crippen LogP contribution in [0.15, 0.2) is 24.3 Å². The number of nitrogens with zero attached hydrogens (tertiary/aromatic N) is 2. The molecule has 4 amide bonds. The number of phenols is 2. The molecule has 2 aromatic carbocycles. The van der Waals surface area contributed by atoms with Gasteiger partial charge in [-0.25, -0.2) is 19.4 Å². The number of carbonyl (C=O) groups excluding carboxylic acids is 2. The Hall–Kier alpha value is -1.86. The van der Waals surface area contributed by atoms with E-state index in [0.717, 1.165) is 0 Å². The maximum Gasteiger partial charge on any atom is 0.345 e. The van der Waals surface area contributed by atoms with Crippen LogP contribution in [-0.4, -0.2) is 22.3 Å². The van der Waals surface area contributed by atoms with Gasteiger partial charge in [0.1, 0.15) is 11.4 Å². The predicted octanol–water partition coefficient (Wildman–Crippen LogP) is 5.28. The van der Waals surface area contributed by atoms with E-state index in [2.05, 4.69) is 0 Å². The maximum absolute atomic E-state index is 12.4. The Morgan fingerprint density at radius 3 is 1.33 bits per heavy atom. The van der Waals surface area contributed by atoms with E-state index >= 15 is 0 Å². The van der Waals surface area contributed by atoms with Crippen molar-refractivity contribution in [2.75, 3.05) is 9.80 Å². The van der Waals surface area contributed by atoms with E-state index in [1.165, 1.54) is 24.3 Å². The van der Waals surface area contributed by atoms with Crippen molar-refractivity contribution < 1.29 is 19.8 Å². The molecule has 3 rings (SSSR count). The molecule has 0 spiro atoms. The van der Waals surface area contributed by atoms with Gasteiger partial charge in [-0.3, -0.25) is 0 Å². The van der Waals surface area contributed by atoms with Gasteiger partial charge in [0.2, 0.25) is 0 Å². The van der Waals surface area contributed by atoms with Crippen LogP contribution in [-0.2, 0) is 0 Å². The van der Waals surface area contributed by atoms with E-state index in [1.54, 1.807) is 0 Å². The average molecular weight is 408 g/mol. The summed E-state index contributed by atoms with van der Waals surface area (Å²) in [5, 5.41) is 19.9. The smallest absolute Gasteiger partial charge is 0.345 e. The lowest BCUT2D eigenvalue weighted by Gasteiger charge is -2.39. The largest absolute Gasteiger partial charge is 0.504 e. The molecule has 0 atom stereocenters. The molecule has 1 heterocycles. The third-order valence-electron chi connectivity index (χ3n) is 3.26. The number of benzene rings is 2. The van der Waals surface area contributed by atoms with Crippen LogP contribution >= 0.6 is 46.4 Å². The minimum absolute atomic E-state index is 0.120. The van der Waals surface area contributed by atoms with Crippen molar-refractivity contribution in [1.82, 2.24) is 0 Å². The summed E-state index contributed by atoms with van der Waals surface area (Å²) in [6.07, 6.45) is 0. The van der Waals surface area contributed by atoms with Gasteiger partial charge in [0.25, 0.3) is 0 Å². The highest BCUT2D eigenvalue weighted by atomic mass is 35.5. The predicted molar refractivity (Wildman–Crippen MR) is 92.0 cm³/mol. The Kier molecular flexibility index (Phi) is 4.17. The number of amides is 4. The number of imide groups is 2. The summed E-state index contributed by atoms with van der Waals surface area (Å²) in [5.74, 6) is -0.952. The molecule has 0 unspecified atom stereocenters. The minimum atomic E-state index is -0.845. The Morgan fingerprint density at radius 1 is 0.667 bits per heavy atom. The highest BCUT2D eigenvalue weighted by Crippen LogP contribution is 2.45. The van der Waals surface area contributed by atoms with Gasteiger partial charge in [-0.15, -0.1) is 0 Å². The molecule has 0 aliphatic carbocycles. The second kappa shape index (κ2) is 5.89. The Morgan fingerprint density at radius 2 is 1.00 bits per heavy atom. The number of rotatable bonds is 2. The van der Waals surface area contributed by atoms with Crippen LogP contribution in [0.1, 0.15) is 0 Å². The van der Waals surface area contributed by atoms with Crippen molar-refractivity contribution in [3.8, 4) is 11.5 Å². The summed E-state index contributed by atoms with van der Waals surface area (Å²) in [6, 6.07) is 3.25. The fourth-order valence-corrected chi connectivity index (χ4v) is 3.14. The molecule has 24 heavy (non-hydrogen) atoms. The summed E-state index contributed by atoms with van der Waals surface area (Å²) in [4.78, 5) is 26.0. The van der Waals surface area contributed by atoms with Crippen molar-refractivity contribution in [3.63, 3.8) is 0 Å². The normalized spacial score (nSPS) is 14.2. The summed E-state index contributed by atoms with van der Waals surface area (Å²) in [5.41, 5.74) is -0.349. The topological polar surface area (TPSA) is 81.1 Å². The van der Waals surface area contributed by atoms with E-state index in [-0.39, 0.29) is 31.5 Å². The van der Waals surface area contributed by atoms with Crippen LogP contribution in [0, 0.1) is 0 Å². The first kappa shape index (κ1) is 17.0. The van der Waals surface area contributed by atoms with E-state index < -0.39 is 23.6 Å². The molecule has 2 N–H and O–H groups in total. The van der Waals surface area contributed by atoms with Crippen LogP contribution in [0.2, 0.25) is 20.1 Å². The van der Waals surface area contributed by atoms with Gasteiger partial charge in [0, 0.05) is 10.0 Å². The fourth-order valence-electron chi connectivity index (χ4n) is 2.18. The second-order valence-corrected chi connectivity index (χ2v) is 6.43. The molecule has 1 saturated heterocycles. The molecule has 0 bridgehead atoms. The standard InChI is InChI=1S/C14H6Cl4N2O4/c15-5-1-7(17)11(21)9(3-5)19-13(23)20(14(19)24)10-4-6(16)2-8(18)12(10)22/h1-4,21-22H. The van der Waals surface area contributed by atoms with Crippen LogP contribution in [0.25, 0.3) is 0 Å². The monoisotopic (exact) mass is 406 g/mol. The van der Waals surface area contributed by atoms with Crippen LogP contribution in [0.4, 0.5) is 21.0 Å². The minimum Gasteiger partial charge on any atom is -0.504 e. The highest BCUT2D eigenvalue weighted by molar-refractivity contribution is 6.44. The maximum atomic E-state index is 12.4. The molecule has 2 aromatic rings. The fraction of sp³-hybridized carbons (Fsp3) is 0. The lowest BCUT2D eigenvalue weighted by molar-refractivity contribution is 0.225. The lowest BCUT2D eigenvalue weighted by Crippen LogP contribution is -2.64. The number of hydrogen-bond donors (Lipinski definition) is 2. The van der Waals surface area contributed by atoms with Gasteiger partial charge >= 0.3 is 12.1 Å².